The first-order valence-corrected chi connectivity index (χ1v) is 44.0. The van der Waals surface area contributed by atoms with Gasteiger partial charge in [-0.2, -0.15) is 0 Å². The number of likely N-dealkylation sites (tertiary alicyclic amines) is 4. The third kappa shape index (κ3) is 27.8. The lowest BCUT2D eigenvalue weighted by Gasteiger charge is -2.35. The molecule has 0 aliphatic carbocycles. The Balaban J connectivity index is 0.000000207. The van der Waals surface area contributed by atoms with Crippen LogP contribution in [0.1, 0.15) is 137 Å². The fourth-order valence-electron chi connectivity index (χ4n) is 18.2. The zero-order chi connectivity index (χ0) is 92.9. The highest BCUT2D eigenvalue weighted by atomic mass is 19.1. The zero-order valence-corrected chi connectivity index (χ0v) is 77.0. The predicted octanol–water partition coefficient (Wildman–Crippen LogP) is 18.5. The molecule has 12 atom stereocenters. The van der Waals surface area contributed by atoms with Crippen molar-refractivity contribution in [1.29, 1.82) is 0 Å². The number of rotatable bonds is 30. The van der Waals surface area contributed by atoms with E-state index in [1.54, 1.807) is 74.9 Å². The number of carboxylic acids is 4. The SMILES string of the molecule is CCCC(CCC)N(C(=O)CN1C[C@H](c2ccc3c(c2)OCO3)[C@@H](C(=O)O)[C@@H]1CCOc1ccccc1OC)c1ccc(F)c(C)c1.CC[C@H]1[C@H](C(=O)O)[C@@H](c2ccc(OC)cc2)CN1C.CC[C@H]1[C@H](C(=O)O)[C@@H](c2ccc(OC)cc2)CN1C.CC[C@H]1[C@H](C(=O)O)[C@@H](c2ccc(OC)cc2)CN1C.COc1ccccc1.COc1ccccc1.COc1ccccc1. The van der Waals surface area contributed by atoms with Gasteiger partial charge in [-0.15, -0.1) is 0 Å². The molecule has 128 heavy (non-hydrogen) atoms. The van der Waals surface area contributed by atoms with E-state index in [1.165, 1.54) is 6.07 Å². The average molecular weight is 1760 g/mol. The fourth-order valence-corrected chi connectivity index (χ4v) is 18.2. The van der Waals surface area contributed by atoms with Gasteiger partial charge in [-0.1, -0.05) is 157 Å². The molecule has 4 N–H and O–H groups in total. The first-order valence-electron chi connectivity index (χ1n) is 44.0. The number of halogens is 1. The maximum atomic E-state index is 14.4. The van der Waals surface area contributed by atoms with E-state index in [0.717, 1.165) is 121 Å². The van der Waals surface area contributed by atoms with Crippen molar-refractivity contribution in [2.24, 2.45) is 23.7 Å². The minimum atomic E-state index is -0.939. The number of ether oxygens (including phenoxy) is 10. The summed E-state index contributed by atoms with van der Waals surface area (Å²) >= 11 is 0. The molecule has 24 nitrogen and oxygen atoms in total. The number of likely N-dealkylation sites (N-methyl/N-ethyl adjacent to an activating group) is 3. The van der Waals surface area contributed by atoms with Crippen molar-refractivity contribution in [2.45, 2.75) is 147 Å². The number of nitrogens with zero attached hydrogens (tertiary/aromatic N) is 5. The van der Waals surface area contributed by atoms with Gasteiger partial charge in [0.05, 0.1) is 86.6 Å². The van der Waals surface area contributed by atoms with Crippen LogP contribution in [0.2, 0.25) is 0 Å². The van der Waals surface area contributed by atoms with Gasteiger partial charge in [0, 0.05) is 85.7 Å². The highest BCUT2D eigenvalue weighted by Crippen LogP contribution is 2.46. The number of methoxy groups -OCH3 is 7. The van der Waals surface area contributed by atoms with E-state index in [0.29, 0.717) is 47.2 Å². The monoisotopic (exact) mass is 1760 g/mol. The van der Waals surface area contributed by atoms with Crippen molar-refractivity contribution in [3.05, 3.63) is 258 Å². The third-order valence-corrected chi connectivity index (χ3v) is 24.6. The van der Waals surface area contributed by atoms with E-state index < -0.39 is 41.8 Å². The van der Waals surface area contributed by atoms with Crippen LogP contribution in [0.15, 0.2) is 224 Å². The fraction of sp³-hybridized carbons (Fsp3) is 0.427. The Morgan fingerprint density at radius 2 is 0.750 bits per heavy atom. The molecule has 0 saturated carbocycles. The number of fused-ring (bicyclic) bond motifs is 1. The van der Waals surface area contributed by atoms with Crippen LogP contribution in [0.5, 0.6) is 57.5 Å². The Labute approximate surface area is 755 Å². The van der Waals surface area contributed by atoms with Crippen molar-refractivity contribution < 1.29 is 96.2 Å². The quantitative estimate of drug-likeness (QED) is 0.0326. The summed E-state index contributed by atoms with van der Waals surface area (Å²) in [5, 5.41) is 39.2. The summed E-state index contributed by atoms with van der Waals surface area (Å²) in [7, 11) is 17.5. The van der Waals surface area contributed by atoms with Crippen LogP contribution in [-0.4, -0.2) is 217 Å². The van der Waals surface area contributed by atoms with E-state index in [4.69, 9.17) is 47.4 Å². The van der Waals surface area contributed by atoms with E-state index in [9.17, 15) is 48.8 Å². The number of amides is 1. The molecule has 14 rings (SSSR count). The number of hydrogen-bond acceptors (Lipinski definition) is 19. The molecule has 690 valence electrons. The maximum Gasteiger partial charge on any atom is 0.308 e. The van der Waals surface area contributed by atoms with Gasteiger partial charge in [-0.3, -0.25) is 28.9 Å². The molecule has 9 aromatic carbocycles. The molecule has 5 aliphatic heterocycles. The first kappa shape index (κ1) is 102. The number of aryl methyl sites for hydroxylation is 1. The van der Waals surface area contributed by atoms with Gasteiger partial charge >= 0.3 is 23.9 Å². The Morgan fingerprint density at radius 3 is 1.09 bits per heavy atom. The van der Waals surface area contributed by atoms with Crippen molar-refractivity contribution in [3.63, 3.8) is 0 Å². The van der Waals surface area contributed by atoms with Crippen LogP contribution < -0.4 is 52.3 Å². The van der Waals surface area contributed by atoms with Crippen LogP contribution in [0.3, 0.4) is 0 Å². The standard InChI is InChI=1S/C37H45FN2O7.3C15H21NO3.3C7H8O/c1-5-9-26(10-6-2)40(27-14-15-29(38)24(3)19-27)35(41)22-39-21-28(25-13-16-33-34(20-25)47-23-46-33)36(37(42)43)30(39)17-18-45-32-12-8-7-11-31(32)44-4;3*1-4-13-14(15(17)18)12(9-16(13)2)10-5-7-11(19-3)8-6-10;3*1-8-7-5-3-2-4-6-7/h7-8,11-16,19-20,26,28,30,36H,5-6,9-10,17-18,21-23H2,1-4H3,(H,42,43);3*5-8,12-14H,4,9H2,1-3H3,(H,17,18);3*2-6H,1H3/t28-,30+,36-;3*12-,13+,14-;;;/m1111.../s1. The highest BCUT2D eigenvalue weighted by Gasteiger charge is 2.50. The molecular formula is C103H132FN5O19. The van der Waals surface area contributed by atoms with Gasteiger partial charge in [0.1, 0.15) is 40.3 Å². The smallest absolute Gasteiger partial charge is 0.308 e. The molecule has 0 aromatic heterocycles. The van der Waals surface area contributed by atoms with E-state index in [1.807, 2.05) is 252 Å². The lowest BCUT2D eigenvalue weighted by molar-refractivity contribution is -0.144. The third-order valence-electron chi connectivity index (χ3n) is 24.6. The van der Waals surface area contributed by atoms with Crippen molar-refractivity contribution in [2.75, 3.05) is 122 Å². The van der Waals surface area contributed by atoms with Crippen molar-refractivity contribution in [1.82, 2.24) is 19.6 Å². The average Bonchev–Trinajstić information content (AvgIpc) is 1.26. The lowest BCUT2D eigenvalue weighted by atomic mass is 9.84. The number of para-hydroxylation sites is 5. The summed E-state index contributed by atoms with van der Waals surface area (Å²) in [6.45, 7) is 15.1. The maximum absolute atomic E-state index is 14.4. The first-order chi connectivity index (χ1) is 61.8. The topological polar surface area (TPSA) is 275 Å². The molecule has 1 amide bonds. The Bertz CT molecular complexity index is 4530. The highest BCUT2D eigenvalue weighted by molar-refractivity contribution is 5.95. The number of carbonyl (C=O) groups is 5. The van der Waals surface area contributed by atoms with Crippen LogP contribution >= 0.6 is 0 Å². The van der Waals surface area contributed by atoms with Crippen LogP contribution in [0.4, 0.5) is 10.1 Å². The van der Waals surface area contributed by atoms with Gasteiger partial charge in [0.2, 0.25) is 12.7 Å². The number of aliphatic carboxylic acids is 4. The summed E-state index contributed by atoms with van der Waals surface area (Å²) in [6, 6.07) is 69.7. The summed E-state index contributed by atoms with van der Waals surface area (Å²) in [6.07, 6.45) is 6.31. The molecule has 5 heterocycles. The molecule has 0 bridgehead atoms. The van der Waals surface area contributed by atoms with Gasteiger partial charge < -0.3 is 87.4 Å². The number of hydrogen-bond donors (Lipinski definition) is 4. The summed E-state index contributed by atoms with van der Waals surface area (Å²) in [5.41, 5.74) is 5.17. The van der Waals surface area contributed by atoms with E-state index >= 15 is 0 Å². The molecule has 0 radical (unpaired) electrons. The Kier molecular flexibility index (Phi) is 41.1. The number of benzene rings is 9. The zero-order valence-electron chi connectivity index (χ0n) is 77.0. The minimum absolute atomic E-state index is 0.00447. The van der Waals surface area contributed by atoms with Gasteiger partial charge in [-0.25, -0.2) is 4.39 Å². The summed E-state index contributed by atoms with van der Waals surface area (Å²) in [5.74, 6) is 1.93. The molecule has 4 fully saturated rings. The second-order valence-electron chi connectivity index (χ2n) is 32.3. The number of carbonyl (C=O) groups excluding carboxylic acids is 1. The molecule has 25 heteroatoms. The van der Waals surface area contributed by atoms with E-state index in [-0.39, 0.29) is 91.3 Å². The molecule has 5 aliphatic rings. The van der Waals surface area contributed by atoms with Crippen LogP contribution in [0, 0.1) is 36.4 Å². The van der Waals surface area contributed by atoms with Crippen molar-refractivity contribution in [3.8, 4) is 57.5 Å². The second kappa shape index (κ2) is 51.8. The Hall–Kier alpha value is -11.9. The molecule has 4 saturated heterocycles. The largest absolute Gasteiger partial charge is 0.497 e. The molecule has 0 spiro atoms. The number of carboxylic acid groups (broad SMARTS) is 4. The van der Waals surface area contributed by atoms with E-state index in [2.05, 4.69) is 28.5 Å². The Morgan fingerprint density at radius 1 is 0.406 bits per heavy atom. The van der Waals surface area contributed by atoms with Crippen LogP contribution in [-0.2, 0) is 24.0 Å². The predicted molar refractivity (Wildman–Crippen MR) is 497 cm³/mol. The molecular weight excluding hydrogens is 1630 g/mol. The lowest BCUT2D eigenvalue weighted by Crippen LogP contribution is -2.48. The molecule has 0 unspecified atom stereocenters. The van der Waals surface area contributed by atoms with Gasteiger partial charge in [0.15, 0.2) is 23.0 Å². The normalized spacial score (nSPS) is 20.7. The number of anilines is 1. The summed E-state index contributed by atoms with van der Waals surface area (Å²) in [4.78, 5) is 72.5. The van der Waals surface area contributed by atoms with Gasteiger partial charge in [0.25, 0.3) is 0 Å². The second-order valence-corrected chi connectivity index (χ2v) is 32.3. The van der Waals surface area contributed by atoms with Crippen molar-refractivity contribution >= 4 is 35.5 Å². The summed E-state index contributed by atoms with van der Waals surface area (Å²) < 4.78 is 67.2. The van der Waals surface area contributed by atoms with Gasteiger partial charge in [-0.05, 0) is 210 Å². The van der Waals surface area contributed by atoms with Crippen LogP contribution in [0.25, 0.3) is 0 Å². The minimum Gasteiger partial charge on any atom is -0.497 e. The molecule has 9 aromatic rings.